The summed E-state index contributed by atoms with van der Waals surface area (Å²) in [6.07, 6.45) is 6.71. The molecule has 3 heterocycles. The summed E-state index contributed by atoms with van der Waals surface area (Å²) in [6, 6.07) is 15.3. The number of likely N-dealkylation sites (tertiary alicyclic amines) is 1. The van der Waals surface area contributed by atoms with Crippen LogP contribution in [-0.2, 0) is 4.79 Å². The number of halogens is 1. The fourth-order valence-electron chi connectivity index (χ4n) is 5.47. The average molecular weight is 483 g/mol. The first-order valence-electron chi connectivity index (χ1n) is 11.7. The number of piperidine rings is 1. The van der Waals surface area contributed by atoms with E-state index in [9.17, 15) is 4.79 Å². The largest absolute Gasteiger partial charge is 0.494 e. The molecule has 5 rings (SSSR count). The van der Waals surface area contributed by atoms with E-state index in [2.05, 4.69) is 68.2 Å². The van der Waals surface area contributed by atoms with Crippen molar-refractivity contribution in [3.05, 3.63) is 63.6 Å². The molecule has 2 aromatic carbocycles. The van der Waals surface area contributed by atoms with Gasteiger partial charge >= 0.3 is 0 Å². The third-order valence-electron chi connectivity index (χ3n) is 7.11. The minimum atomic E-state index is 0.193. The van der Waals surface area contributed by atoms with Crippen molar-refractivity contribution < 1.29 is 9.53 Å². The van der Waals surface area contributed by atoms with Gasteiger partial charge in [-0.3, -0.25) is 4.79 Å². The van der Waals surface area contributed by atoms with Gasteiger partial charge < -0.3 is 14.5 Å². The summed E-state index contributed by atoms with van der Waals surface area (Å²) in [5.41, 5.74) is 3.88. The van der Waals surface area contributed by atoms with Crippen LogP contribution in [0.25, 0.3) is 0 Å². The van der Waals surface area contributed by atoms with Crippen LogP contribution in [0.4, 0.5) is 0 Å². The molecule has 0 aromatic heterocycles. The van der Waals surface area contributed by atoms with E-state index in [1.54, 1.807) is 0 Å². The first-order valence-corrected chi connectivity index (χ1v) is 12.5. The normalized spacial score (nSPS) is 23.5. The zero-order chi connectivity index (χ0) is 21.2. The lowest BCUT2D eigenvalue weighted by molar-refractivity contribution is -0.129. The lowest BCUT2D eigenvalue weighted by Crippen LogP contribution is -2.37. The number of carbonyl (C=O) groups is 1. The van der Waals surface area contributed by atoms with Crippen LogP contribution in [0.15, 0.2) is 46.9 Å². The lowest BCUT2D eigenvalue weighted by atomic mass is 9.81. The maximum absolute atomic E-state index is 12.5. The molecule has 4 nitrogen and oxygen atoms in total. The number of hydrogen-bond donors (Lipinski definition) is 0. The minimum absolute atomic E-state index is 0.193. The summed E-state index contributed by atoms with van der Waals surface area (Å²) in [7, 11) is 0. The molecule has 2 fully saturated rings. The van der Waals surface area contributed by atoms with Gasteiger partial charge in [-0.15, -0.1) is 0 Å². The van der Waals surface area contributed by atoms with E-state index in [1.807, 2.05) is 0 Å². The highest BCUT2D eigenvalue weighted by atomic mass is 79.9. The molecule has 2 saturated heterocycles. The third-order valence-corrected chi connectivity index (χ3v) is 7.64. The fraction of sp³-hybridized carbons (Fsp3) is 0.500. The minimum Gasteiger partial charge on any atom is -0.494 e. The van der Waals surface area contributed by atoms with Crippen molar-refractivity contribution in [1.82, 2.24) is 9.80 Å². The van der Waals surface area contributed by atoms with E-state index in [-0.39, 0.29) is 17.9 Å². The van der Waals surface area contributed by atoms with Crippen molar-refractivity contribution in [3.8, 4) is 5.75 Å². The van der Waals surface area contributed by atoms with E-state index in [1.165, 1.54) is 49.0 Å². The van der Waals surface area contributed by atoms with Crippen molar-refractivity contribution in [3.63, 3.8) is 0 Å². The summed E-state index contributed by atoms with van der Waals surface area (Å²) in [4.78, 5) is 17.2. The van der Waals surface area contributed by atoms with E-state index >= 15 is 0 Å². The predicted octanol–water partition coefficient (Wildman–Crippen LogP) is 5.51. The van der Waals surface area contributed by atoms with E-state index in [0.717, 1.165) is 42.8 Å². The number of hydrogen-bond acceptors (Lipinski definition) is 3. The number of amides is 1. The van der Waals surface area contributed by atoms with Gasteiger partial charge in [0.1, 0.15) is 5.75 Å². The van der Waals surface area contributed by atoms with Crippen molar-refractivity contribution in [2.75, 3.05) is 32.8 Å². The Morgan fingerprint density at radius 3 is 2.61 bits per heavy atom. The molecule has 0 N–H and O–H groups in total. The molecule has 2 atom stereocenters. The summed E-state index contributed by atoms with van der Waals surface area (Å²) >= 11 is 3.54. The van der Waals surface area contributed by atoms with Gasteiger partial charge in [-0.2, -0.15) is 0 Å². The van der Waals surface area contributed by atoms with Crippen LogP contribution in [0.5, 0.6) is 5.75 Å². The van der Waals surface area contributed by atoms with Gasteiger partial charge in [-0.1, -0.05) is 40.5 Å². The van der Waals surface area contributed by atoms with Crippen LogP contribution in [0.2, 0.25) is 0 Å². The standard InChI is InChI=1S/C26H31BrN2O2/c27-20-7-5-19(6-8-20)24-18-29-25(11-12-26(29)30)22-10-9-21(17-23(22)24)31-16-4-15-28-13-2-1-3-14-28/h5-10,17,24-25H,1-4,11-16,18H2/t24-,25-/m0/s1. The summed E-state index contributed by atoms with van der Waals surface area (Å²) in [5.74, 6) is 1.44. The van der Waals surface area contributed by atoms with Crippen LogP contribution < -0.4 is 4.74 Å². The van der Waals surface area contributed by atoms with Crippen molar-refractivity contribution in [2.24, 2.45) is 0 Å². The Labute approximate surface area is 193 Å². The molecule has 164 valence electrons. The molecule has 0 unspecified atom stereocenters. The Balaban J connectivity index is 1.33. The molecule has 31 heavy (non-hydrogen) atoms. The maximum Gasteiger partial charge on any atom is 0.223 e. The molecular weight excluding hydrogens is 452 g/mol. The Hall–Kier alpha value is -1.85. The highest BCUT2D eigenvalue weighted by Crippen LogP contribution is 2.45. The smallest absolute Gasteiger partial charge is 0.223 e. The van der Waals surface area contributed by atoms with Gasteiger partial charge in [-0.05, 0) is 79.7 Å². The van der Waals surface area contributed by atoms with Gasteiger partial charge in [0.25, 0.3) is 0 Å². The quantitative estimate of drug-likeness (QED) is 0.508. The molecule has 0 radical (unpaired) electrons. The monoisotopic (exact) mass is 482 g/mol. The van der Waals surface area contributed by atoms with Crippen LogP contribution in [-0.4, -0.2) is 48.5 Å². The number of nitrogens with zero attached hydrogens (tertiary/aromatic N) is 2. The molecule has 0 saturated carbocycles. The van der Waals surface area contributed by atoms with Crippen LogP contribution in [0, 0.1) is 0 Å². The summed E-state index contributed by atoms with van der Waals surface area (Å²) in [6.45, 7) is 5.13. The Morgan fingerprint density at radius 1 is 1.00 bits per heavy atom. The highest BCUT2D eigenvalue weighted by molar-refractivity contribution is 9.10. The first-order chi connectivity index (χ1) is 15.2. The number of rotatable bonds is 6. The summed E-state index contributed by atoms with van der Waals surface area (Å²) in [5, 5.41) is 0. The maximum atomic E-state index is 12.5. The molecule has 3 aliphatic rings. The van der Waals surface area contributed by atoms with Gasteiger partial charge in [0.05, 0.1) is 12.6 Å². The van der Waals surface area contributed by atoms with Crippen LogP contribution in [0.1, 0.15) is 67.2 Å². The highest BCUT2D eigenvalue weighted by Gasteiger charge is 2.40. The second-order valence-electron chi connectivity index (χ2n) is 9.10. The lowest BCUT2D eigenvalue weighted by Gasteiger charge is -2.38. The average Bonchev–Trinajstić information content (AvgIpc) is 3.18. The van der Waals surface area contributed by atoms with E-state index in [0.29, 0.717) is 6.42 Å². The SMILES string of the molecule is O=C1CC[C@H]2c3ccc(OCCCN4CCCCC4)cc3[C@H](c3ccc(Br)cc3)CN12. The third kappa shape index (κ3) is 4.54. The fourth-order valence-corrected chi connectivity index (χ4v) is 5.73. The number of ether oxygens (including phenoxy) is 1. The van der Waals surface area contributed by atoms with Gasteiger partial charge in [-0.25, -0.2) is 0 Å². The Morgan fingerprint density at radius 2 is 1.81 bits per heavy atom. The molecule has 0 spiro atoms. The van der Waals surface area contributed by atoms with Crippen LogP contribution >= 0.6 is 15.9 Å². The second-order valence-corrected chi connectivity index (χ2v) is 10.0. The Kier molecular flexibility index (Phi) is 6.33. The molecule has 0 bridgehead atoms. The first kappa shape index (κ1) is 21.0. The molecule has 5 heteroatoms. The molecular formula is C26H31BrN2O2. The number of carbonyl (C=O) groups excluding carboxylic acids is 1. The molecule has 1 amide bonds. The number of benzene rings is 2. The summed E-state index contributed by atoms with van der Waals surface area (Å²) < 4.78 is 7.26. The van der Waals surface area contributed by atoms with Crippen molar-refractivity contribution in [1.29, 1.82) is 0 Å². The molecule has 3 aliphatic heterocycles. The predicted molar refractivity (Wildman–Crippen MR) is 127 cm³/mol. The van der Waals surface area contributed by atoms with Gasteiger partial charge in [0, 0.05) is 29.9 Å². The van der Waals surface area contributed by atoms with Crippen molar-refractivity contribution in [2.45, 2.75) is 50.5 Å². The zero-order valence-corrected chi connectivity index (χ0v) is 19.6. The van der Waals surface area contributed by atoms with Gasteiger partial charge in [0.15, 0.2) is 0 Å². The second kappa shape index (κ2) is 9.33. The number of fused-ring (bicyclic) bond motifs is 3. The van der Waals surface area contributed by atoms with Gasteiger partial charge in [0.2, 0.25) is 5.91 Å². The molecule has 2 aromatic rings. The Bertz CT molecular complexity index is 924. The van der Waals surface area contributed by atoms with Crippen LogP contribution in [0.3, 0.4) is 0 Å². The van der Waals surface area contributed by atoms with E-state index in [4.69, 9.17) is 4.74 Å². The topological polar surface area (TPSA) is 32.8 Å². The van der Waals surface area contributed by atoms with Crippen molar-refractivity contribution >= 4 is 21.8 Å². The zero-order valence-electron chi connectivity index (χ0n) is 18.1. The molecule has 0 aliphatic carbocycles. The van der Waals surface area contributed by atoms with E-state index < -0.39 is 0 Å².